The zero-order chi connectivity index (χ0) is 23.9. The van der Waals surface area contributed by atoms with E-state index in [0.29, 0.717) is 16.9 Å². The van der Waals surface area contributed by atoms with Crippen LogP contribution in [0.25, 0.3) is 0 Å². The zero-order valence-electron chi connectivity index (χ0n) is 17.9. The summed E-state index contributed by atoms with van der Waals surface area (Å²) in [5.74, 6) is 1.13. The highest BCUT2D eigenvalue weighted by atomic mass is 32.2. The number of rotatable bonds is 8. The second-order valence-corrected chi connectivity index (χ2v) is 8.73. The number of likely N-dealkylation sites (N-methyl/N-ethyl adjacent to an activating group) is 1. The van der Waals surface area contributed by atoms with E-state index in [1.165, 1.54) is 45.2 Å². The number of nitrogens with one attached hydrogen (secondary N) is 3. The van der Waals surface area contributed by atoms with Crippen molar-refractivity contribution in [2.24, 2.45) is 0 Å². The van der Waals surface area contributed by atoms with Crippen LogP contribution in [0.1, 0.15) is 19.4 Å². The van der Waals surface area contributed by atoms with Gasteiger partial charge < -0.3 is 15.5 Å². The summed E-state index contributed by atoms with van der Waals surface area (Å²) >= 11 is 0. The number of carbonyl (C=O) groups is 3. The summed E-state index contributed by atoms with van der Waals surface area (Å²) in [6.07, 6.45) is 5.33. The molecule has 0 unspecified atom stereocenters. The fourth-order valence-corrected chi connectivity index (χ4v) is 3.98. The van der Waals surface area contributed by atoms with Crippen LogP contribution in [0.4, 0.5) is 11.4 Å². The van der Waals surface area contributed by atoms with Gasteiger partial charge >= 0.3 is 0 Å². The molecule has 0 radical (unpaired) electrons. The second kappa shape index (κ2) is 10.6. The molecule has 0 saturated heterocycles. The van der Waals surface area contributed by atoms with Gasteiger partial charge in [-0.25, -0.2) is 8.42 Å². The average Bonchev–Trinajstić information content (AvgIpc) is 2.72. The minimum Gasteiger partial charge on any atom is -0.335 e. The number of amides is 3. The number of carbonyl (C=O) groups excluding carboxylic acids is 3. The Morgan fingerprint density at radius 1 is 1.06 bits per heavy atom. The Kier molecular flexibility index (Phi) is 8.12. The van der Waals surface area contributed by atoms with Gasteiger partial charge in [0.25, 0.3) is 0 Å². The van der Waals surface area contributed by atoms with E-state index in [-0.39, 0.29) is 17.3 Å². The Balaban J connectivity index is 1.97. The molecule has 2 aromatic carbocycles. The molecule has 0 aliphatic heterocycles. The highest BCUT2D eigenvalue weighted by Gasteiger charge is 2.25. The van der Waals surface area contributed by atoms with Crippen molar-refractivity contribution >= 4 is 39.1 Å². The fourth-order valence-electron chi connectivity index (χ4n) is 2.78. The van der Waals surface area contributed by atoms with Gasteiger partial charge in [0, 0.05) is 30.9 Å². The lowest BCUT2D eigenvalue weighted by Crippen LogP contribution is -2.47. The lowest BCUT2D eigenvalue weighted by Gasteiger charge is -2.21. The van der Waals surface area contributed by atoms with Gasteiger partial charge in [-0.3, -0.25) is 14.4 Å². The van der Waals surface area contributed by atoms with E-state index in [1.54, 1.807) is 24.3 Å². The van der Waals surface area contributed by atoms with E-state index < -0.39 is 27.9 Å². The smallest absolute Gasteiger partial charge is 0.243 e. The third-order valence-corrected chi connectivity index (χ3v) is 5.81. The molecular weight excluding hydrogens is 432 g/mol. The molecule has 10 heteroatoms. The number of terminal acetylenes is 1. The van der Waals surface area contributed by atoms with E-state index in [0.717, 1.165) is 4.90 Å². The summed E-state index contributed by atoms with van der Waals surface area (Å²) in [6, 6.07) is 11.1. The van der Waals surface area contributed by atoms with Gasteiger partial charge in [-0.2, -0.15) is 4.72 Å². The van der Waals surface area contributed by atoms with Crippen molar-refractivity contribution in [3.63, 3.8) is 0 Å². The van der Waals surface area contributed by atoms with Crippen LogP contribution in [0.15, 0.2) is 53.4 Å². The minimum atomic E-state index is -4.00. The van der Waals surface area contributed by atoms with Crippen LogP contribution in [0.5, 0.6) is 0 Å². The van der Waals surface area contributed by atoms with Crippen molar-refractivity contribution in [3.8, 4) is 12.3 Å². The number of hydrogen-bond acceptors (Lipinski definition) is 5. The van der Waals surface area contributed by atoms with E-state index in [9.17, 15) is 22.8 Å². The number of benzene rings is 2. The van der Waals surface area contributed by atoms with Crippen molar-refractivity contribution < 1.29 is 22.8 Å². The Morgan fingerprint density at radius 3 is 2.31 bits per heavy atom. The van der Waals surface area contributed by atoms with E-state index in [1.807, 2.05) is 0 Å². The summed E-state index contributed by atoms with van der Waals surface area (Å²) in [6.45, 7) is 2.44. The van der Waals surface area contributed by atoms with Crippen LogP contribution in [-0.2, 0) is 24.4 Å². The summed E-state index contributed by atoms with van der Waals surface area (Å²) in [4.78, 5) is 36.9. The summed E-state index contributed by atoms with van der Waals surface area (Å²) in [7, 11) is -2.60. The first kappa shape index (κ1) is 24.6. The van der Waals surface area contributed by atoms with Crippen LogP contribution in [0, 0.1) is 12.3 Å². The normalized spacial score (nSPS) is 11.7. The van der Waals surface area contributed by atoms with Crippen LogP contribution < -0.4 is 15.4 Å². The zero-order valence-corrected chi connectivity index (χ0v) is 18.7. The molecule has 1 atom stereocenters. The van der Waals surface area contributed by atoms with Crippen LogP contribution in [0.3, 0.4) is 0 Å². The molecule has 0 fully saturated rings. The maximum atomic E-state index is 12.6. The van der Waals surface area contributed by atoms with E-state index in [2.05, 4.69) is 21.3 Å². The van der Waals surface area contributed by atoms with Gasteiger partial charge in [0.1, 0.15) is 0 Å². The third-order valence-electron chi connectivity index (χ3n) is 4.26. The first-order chi connectivity index (χ1) is 15.0. The molecule has 168 valence electrons. The van der Waals surface area contributed by atoms with E-state index >= 15 is 0 Å². The molecule has 0 aromatic heterocycles. The monoisotopic (exact) mass is 456 g/mol. The Hall–Kier alpha value is -3.68. The van der Waals surface area contributed by atoms with Crippen molar-refractivity contribution in [3.05, 3.63) is 54.1 Å². The molecule has 32 heavy (non-hydrogen) atoms. The maximum Gasteiger partial charge on any atom is 0.243 e. The predicted octanol–water partition coefficient (Wildman–Crippen LogP) is 1.39. The molecule has 9 nitrogen and oxygen atoms in total. The molecule has 0 heterocycles. The van der Waals surface area contributed by atoms with Crippen LogP contribution in [-0.4, -0.2) is 50.7 Å². The molecule has 0 saturated carbocycles. The minimum absolute atomic E-state index is 0.0694. The highest BCUT2D eigenvalue weighted by molar-refractivity contribution is 7.89. The quantitative estimate of drug-likeness (QED) is 0.518. The third kappa shape index (κ3) is 6.94. The average molecular weight is 457 g/mol. The summed E-state index contributed by atoms with van der Waals surface area (Å²) in [5, 5.41) is 5.17. The van der Waals surface area contributed by atoms with Gasteiger partial charge in [-0.1, -0.05) is 12.0 Å². The standard InChI is InChI=1S/C22H24N4O5S/c1-5-17-7-6-8-19(13-17)24-21(28)14-26(4)22(29)15(2)25-32(30,31)20-11-9-18(10-12-20)23-16(3)27/h1,6-13,15,25H,14H2,2-4H3,(H,23,27)(H,24,28)/t15-/m0/s1. The molecule has 0 bridgehead atoms. The molecule has 2 rings (SSSR count). The van der Waals surface area contributed by atoms with Crippen LogP contribution >= 0.6 is 0 Å². The number of hydrogen-bond donors (Lipinski definition) is 3. The summed E-state index contributed by atoms with van der Waals surface area (Å²) < 4.78 is 27.4. The Morgan fingerprint density at radius 2 is 1.72 bits per heavy atom. The predicted molar refractivity (Wildman–Crippen MR) is 121 cm³/mol. The first-order valence-corrected chi connectivity index (χ1v) is 11.0. The van der Waals surface area contributed by atoms with Gasteiger partial charge in [0.2, 0.25) is 27.7 Å². The molecule has 2 aromatic rings. The highest BCUT2D eigenvalue weighted by Crippen LogP contribution is 2.15. The largest absolute Gasteiger partial charge is 0.335 e. The molecule has 0 aliphatic rings. The topological polar surface area (TPSA) is 125 Å². The molecular formula is C22H24N4O5S. The molecule has 0 spiro atoms. The van der Waals surface area contributed by atoms with Gasteiger partial charge in [0.05, 0.1) is 17.5 Å². The number of nitrogens with zero attached hydrogens (tertiary/aromatic N) is 1. The van der Waals surface area contributed by atoms with Crippen molar-refractivity contribution in [2.45, 2.75) is 24.8 Å². The lowest BCUT2D eigenvalue weighted by atomic mass is 10.2. The van der Waals surface area contributed by atoms with Gasteiger partial charge in [0.15, 0.2) is 0 Å². The van der Waals surface area contributed by atoms with Crippen molar-refractivity contribution in [1.29, 1.82) is 0 Å². The number of anilines is 2. The lowest BCUT2D eigenvalue weighted by molar-refractivity contribution is -0.134. The Bertz CT molecular complexity index is 1150. The fraction of sp³-hybridized carbons (Fsp3) is 0.227. The Labute approximate surface area is 187 Å². The molecule has 0 aliphatic carbocycles. The van der Waals surface area contributed by atoms with Crippen LogP contribution in [0.2, 0.25) is 0 Å². The van der Waals surface area contributed by atoms with Crippen molar-refractivity contribution in [2.75, 3.05) is 24.2 Å². The van der Waals surface area contributed by atoms with Gasteiger partial charge in [-0.05, 0) is 49.4 Å². The SMILES string of the molecule is C#Cc1cccc(NC(=O)CN(C)C(=O)[C@H](C)NS(=O)(=O)c2ccc(NC(C)=O)cc2)c1. The molecule has 3 amide bonds. The van der Waals surface area contributed by atoms with Crippen molar-refractivity contribution in [1.82, 2.24) is 9.62 Å². The molecule has 3 N–H and O–H groups in total. The second-order valence-electron chi connectivity index (χ2n) is 7.02. The van der Waals surface area contributed by atoms with E-state index in [4.69, 9.17) is 6.42 Å². The van der Waals surface area contributed by atoms with Gasteiger partial charge in [-0.15, -0.1) is 6.42 Å². The maximum absolute atomic E-state index is 12.6. The summed E-state index contributed by atoms with van der Waals surface area (Å²) in [5.41, 5.74) is 1.53. The first-order valence-electron chi connectivity index (χ1n) is 9.53. The number of sulfonamides is 1.